The van der Waals surface area contributed by atoms with Crippen LogP contribution in [0.15, 0.2) is 24.3 Å². The highest BCUT2D eigenvalue weighted by Crippen LogP contribution is 2.29. The Morgan fingerprint density at radius 2 is 1.94 bits per heavy atom. The monoisotopic (exact) mass is 468 g/mol. The second-order valence-electron chi connectivity index (χ2n) is 10.3. The maximum Gasteiger partial charge on any atom is 0.410 e. The average molecular weight is 469 g/mol. The maximum absolute atomic E-state index is 13.6. The molecule has 2 saturated heterocycles. The summed E-state index contributed by atoms with van der Waals surface area (Å²) in [5.74, 6) is 1.63. The second kappa shape index (κ2) is 10.0. The Morgan fingerprint density at radius 3 is 2.68 bits per heavy atom. The number of H-pyrrole nitrogens is 1. The van der Waals surface area contributed by atoms with Crippen LogP contribution in [-0.2, 0) is 9.53 Å². The Kier molecular flexibility index (Phi) is 7.09. The molecule has 0 spiro atoms. The van der Waals surface area contributed by atoms with Gasteiger partial charge in [0.2, 0.25) is 5.91 Å². The molecule has 2 N–H and O–H groups in total. The van der Waals surface area contributed by atoms with E-state index < -0.39 is 17.7 Å². The van der Waals surface area contributed by atoms with Crippen molar-refractivity contribution in [3.63, 3.8) is 0 Å². The van der Waals surface area contributed by atoms with Crippen LogP contribution in [0.25, 0.3) is 0 Å². The van der Waals surface area contributed by atoms with Gasteiger partial charge in [0.05, 0.1) is 0 Å². The lowest BCUT2D eigenvalue weighted by Crippen LogP contribution is -2.55. The molecule has 2 aliphatic rings. The van der Waals surface area contributed by atoms with Gasteiger partial charge in [-0.15, -0.1) is 0 Å². The Hall–Kier alpha value is -3.10. The molecule has 0 radical (unpaired) electrons. The molecule has 4 heterocycles. The molecule has 0 aliphatic carbocycles. The fourth-order valence-corrected chi connectivity index (χ4v) is 4.72. The molecule has 34 heavy (non-hydrogen) atoms. The van der Waals surface area contributed by atoms with Crippen molar-refractivity contribution < 1.29 is 14.3 Å². The first-order valence-corrected chi connectivity index (χ1v) is 12.2. The summed E-state index contributed by atoms with van der Waals surface area (Å²) in [5, 5.41) is 10.4. The van der Waals surface area contributed by atoms with Gasteiger partial charge < -0.3 is 15.0 Å². The number of carbonyl (C=O) groups is 2. The van der Waals surface area contributed by atoms with Crippen molar-refractivity contribution in [2.24, 2.45) is 0 Å². The fraction of sp³-hybridized carbons (Fsp3) is 0.600. The highest BCUT2D eigenvalue weighted by molar-refractivity contribution is 5.86. The van der Waals surface area contributed by atoms with Crippen LogP contribution in [0.3, 0.4) is 0 Å². The van der Waals surface area contributed by atoms with E-state index in [1.807, 2.05) is 56.9 Å². The zero-order valence-corrected chi connectivity index (χ0v) is 20.6. The van der Waals surface area contributed by atoms with Gasteiger partial charge >= 0.3 is 6.09 Å². The van der Waals surface area contributed by atoms with E-state index in [4.69, 9.17) is 9.72 Å². The number of pyridine rings is 1. The summed E-state index contributed by atoms with van der Waals surface area (Å²) < 4.78 is 5.59. The molecule has 0 bridgehead atoms. The molecule has 0 unspecified atom stereocenters. The van der Waals surface area contributed by atoms with Gasteiger partial charge in [-0.05, 0) is 71.9 Å². The van der Waals surface area contributed by atoms with Crippen molar-refractivity contribution in [1.82, 2.24) is 25.0 Å². The SMILES string of the molecule is Cc1cc(Nc2cccc([C@@H]3CCCN(C(=O)[C@H]4CCCCN4C(=O)OC(C)(C)C)C3)n2)n[nH]1. The van der Waals surface area contributed by atoms with Crippen molar-refractivity contribution >= 4 is 23.6 Å². The molecule has 9 heteroatoms. The van der Waals surface area contributed by atoms with Gasteiger partial charge in [-0.1, -0.05) is 6.07 Å². The van der Waals surface area contributed by atoms with Crippen LogP contribution in [-0.4, -0.2) is 68.3 Å². The minimum Gasteiger partial charge on any atom is -0.444 e. The van der Waals surface area contributed by atoms with E-state index in [-0.39, 0.29) is 11.8 Å². The van der Waals surface area contributed by atoms with Crippen LogP contribution in [0.5, 0.6) is 0 Å². The number of anilines is 2. The van der Waals surface area contributed by atoms with E-state index >= 15 is 0 Å². The van der Waals surface area contributed by atoms with Gasteiger partial charge in [0.15, 0.2) is 5.82 Å². The summed E-state index contributed by atoms with van der Waals surface area (Å²) in [7, 11) is 0. The number of hydrogen-bond acceptors (Lipinski definition) is 6. The molecule has 2 fully saturated rings. The van der Waals surface area contributed by atoms with Crippen LogP contribution in [0, 0.1) is 6.92 Å². The van der Waals surface area contributed by atoms with Crippen LogP contribution >= 0.6 is 0 Å². The predicted molar refractivity (Wildman–Crippen MR) is 130 cm³/mol. The number of ether oxygens (including phenoxy) is 1. The molecular formula is C25H36N6O3. The average Bonchev–Trinajstić information content (AvgIpc) is 3.22. The van der Waals surface area contributed by atoms with Crippen LogP contribution in [0.1, 0.15) is 70.2 Å². The molecule has 2 amide bonds. The molecular weight excluding hydrogens is 432 g/mol. The lowest BCUT2D eigenvalue weighted by molar-refractivity contribution is -0.139. The first-order chi connectivity index (χ1) is 16.2. The molecule has 2 aromatic heterocycles. The van der Waals surface area contributed by atoms with Crippen molar-refractivity contribution in [3.05, 3.63) is 35.7 Å². The highest BCUT2D eigenvalue weighted by Gasteiger charge is 2.38. The van der Waals surface area contributed by atoms with E-state index in [1.165, 1.54) is 0 Å². The number of aromatic nitrogens is 3. The van der Waals surface area contributed by atoms with E-state index in [1.54, 1.807) is 4.90 Å². The fourth-order valence-electron chi connectivity index (χ4n) is 4.72. The third kappa shape index (κ3) is 5.87. The van der Waals surface area contributed by atoms with Gasteiger partial charge in [-0.2, -0.15) is 5.10 Å². The zero-order valence-electron chi connectivity index (χ0n) is 20.6. The number of carbonyl (C=O) groups excluding carboxylic acids is 2. The summed E-state index contributed by atoms with van der Waals surface area (Å²) in [5.41, 5.74) is 1.35. The highest BCUT2D eigenvalue weighted by atomic mass is 16.6. The molecule has 0 saturated carbocycles. The Bertz CT molecular complexity index is 1010. The molecule has 2 atom stereocenters. The standard InChI is InChI=1S/C25H36N6O3/c1-17-15-22(29-28-17)27-21-12-7-10-19(26-21)18-9-8-13-30(16-18)23(32)20-11-5-6-14-31(20)24(33)34-25(2,3)4/h7,10,12,15,18,20H,5-6,8-9,11,13-14,16H2,1-4H3,(H2,26,27,28,29)/t18-,20-/m1/s1. The van der Waals surface area contributed by atoms with Crippen molar-refractivity contribution in [2.75, 3.05) is 25.0 Å². The minimum absolute atomic E-state index is 0.0246. The van der Waals surface area contributed by atoms with Crippen LogP contribution in [0.2, 0.25) is 0 Å². The van der Waals surface area contributed by atoms with Gasteiger partial charge in [-0.3, -0.25) is 14.8 Å². The molecule has 4 rings (SSSR count). The predicted octanol–water partition coefficient (Wildman–Crippen LogP) is 4.35. The van der Waals surface area contributed by atoms with Gasteiger partial charge in [0.25, 0.3) is 0 Å². The van der Waals surface area contributed by atoms with Gasteiger partial charge in [0, 0.05) is 43.0 Å². The number of hydrogen-bond donors (Lipinski definition) is 2. The molecule has 0 aromatic carbocycles. The quantitative estimate of drug-likeness (QED) is 0.691. The maximum atomic E-state index is 13.6. The zero-order chi connectivity index (χ0) is 24.3. The molecule has 2 aromatic rings. The van der Waals surface area contributed by atoms with Crippen molar-refractivity contribution in [1.29, 1.82) is 0 Å². The van der Waals surface area contributed by atoms with Crippen LogP contribution in [0.4, 0.5) is 16.4 Å². The third-order valence-electron chi connectivity index (χ3n) is 6.30. The first-order valence-electron chi connectivity index (χ1n) is 12.2. The number of amides is 2. The van der Waals surface area contributed by atoms with E-state index in [0.29, 0.717) is 26.1 Å². The Morgan fingerprint density at radius 1 is 1.12 bits per heavy atom. The normalized spacial score (nSPS) is 21.3. The topological polar surface area (TPSA) is 103 Å². The van der Waals surface area contributed by atoms with Crippen molar-refractivity contribution in [3.8, 4) is 0 Å². The van der Waals surface area contributed by atoms with E-state index in [9.17, 15) is 9.59 Å². The number of nitrogens with one attached hydrogen (secondary N) is 2. The van der Waals surface area contributed by atoms with Crippen LogP contribution < -0.4 is 5.32 Å². The number of rotatable bonds is 4. The minimum atomic E-state index is -0.586. The summed E-state index contributed by atoms with van der Waals surface area (Å²) in [6.07, 6.45) is 4.00. The van der Waals surface area contributed by atoms with Gasteiger partial charge in [-0.25, -0.2) is 9.78 Å². The molecule has 2 aliphatic heterocycles. The molecule has 9 nitrogen and oxygen atoms in total. The summed E-state index contributed by atoms with van der Waals surface area (Å²) in [6, 6.07) is 7.39. The second-order valence-corrected chi connectivity index (χ2v) is 10.3. The largest absolute Gasteiger partial charge is 0.444 e. The summed E-state index contributed by atoms with van der Waals surface area (Å²) >= 11 is 0. The van der Waals surface area contributed by atoms with Crippen molar-refractivity contribution in [2.45, 2.75) is 77.4 Å². The summed E-state index contributed by atoms with van der Waals surface area (Å²) in [6.45, 7) is 9.38. The number of aryl methyl sites for hydroxylation is 1. The lowest BCUT2D eigenvalue weighted by Gasteiger charge is -2.40. The number of piperidine rings is 2. The third-order valence-corrected chi connectivity index (χ3v) is 6.30. The summed E-state index contributed by atoms with van der Waals surface area (Å²) in [4.78, 5) is 34.7. The number of aromatic amines is 1. The first kappa shape index (κ1) is 24.0. The smallest absolute Gasteiger partial charge is 0.410 e. The number of nitrogens with zero attached hydrogens (tertiary/aromatic N) is 4. The molecule has 184 valence electrons. The number of likely N-dealkylation sites (tertiary alicyclic amines) is 2. The van der Waals surface area contributed by atoms with E-state index in [2.05, 4.69) is 15.5 Å². The van der Waals surface area contributed by atoms with E-state index in [0.717, 1.165) is 48.7 Å². The Balaban J connectivity index is 1.44. The Labute approximate surface area is 201 Å². The lowest BCUT2D eigenvalue weighted by atomic mass is 9.92. The van der Waals surface area contributed by atoms with Gasteiger partial charge in [0.1, 0.15) is 17.5 Å².